The number of alkyl carbamates (subject to hydrolysis) is 1. The lowest BCUT2D eigenvalue weighted by Gasteiger charge is -2.34. The van der Waals surface area contributed by atoms with Crippen LogP contribution in [0.15, 0.2) is 0 Å². The summed E-state index contributed by atoms with van der Waals surface area (Å²) in [6, 6.07) is 0.0268. The first-order chi connectivity index (χ1) is 7.31. The van der Waals surface area contributed by atoms with Crippen LogP contribution in [0, 0.1) is 5.92 Å². The van der Waals surface area contributed by atoms with E-state index in [1.54, 1.807) is 0 Å². The van der Waals surface area contributed by atoms with Crippen molar-refractivity contribution in [2.45, 2.75) is 45.3 Å². The molecular weight excluding hydrogens is 210 g/mol. The molecule has 0 radical (unpaired) electrons. The molecule has 1 amide bonds. The van der Waals surface area contributed by atoms with Gasteiger partial charge in [0.05, 0.1) is 13.0 Å². The molecule has 0 aromatic heterocycles. The molecule has 1 fully saturated rings. The fourth-order valence-corrected chi connectivity index (χ4v) is 1.57. The highest BCUT2D eigenvalue weighted by molar-refractivity contribution is 5.74. The maximum Gasteiger partial charge on any atom is 0.407 e. The van der Waals surface area contributed by atoms with E-state index >= 15 is 0 Å². The number of ether oxygens (including phenoxy) is 2. The van der Waals surface area contributed by atoms with Crippen molar-refractivity contribution in [3.8, 4) is 0 Å². The molecule has 0 heterocycles. The zero-order valence-electron chi connectivity index (χ0n) is 10.2. The molecule has 1 saturated carbocycles. The number of methoxy groups -OCH3 is 1. The van der Waals surface area contributed by atoms with Gasteiger partial charge in [0.15, 0.2) is 0 Å². The number of hydrogen-bond acceptors (Lipinski definition) is 4. The van der Waals surface area contributed by atoms with Gasteiger partial charge in [-0.15, -0.1) is 0 Å². The van der Waals surface area contributed by atoms with Gasteiger partial charge in [-0.1, -0.05) is 0 Å². The van der Waals surface area contributed by atoms with E-state index in [9.17, 15) is 9.59 Å². The Kier molecular flexibility index (Phi) is 3.78. The van der Waals surface area contributed by atoms with Crippen molar-refractivity contribution in [1.82, 2.24) is 5.32 Å². The largest absolute Gasteiger partial charge is 0.469 e. The summed E-state index contributed by atoms with van der Waals surface area (Å²) in [4.78, 5) is 22.4. The second-order valence-electron chi connectivity index (χ2n) is 5.03. The van der Waals surface area contributed by atoms with Gasteiger partial charge in [-0.05, 0) is 33.6 Å². The minimum Gasteiger partial charge on any atom is -0.469 e. The number of hydrogen-bond donors (Lipinski definition) is 1. The molecule has 0 bridgehead atoms. The van der Waals surface area contributed by atoms with Crippen LogP contribution in [0.1, 0.15) is 33.6 Å². The lowest BCUT2D eigenvalue weighted by atomic mass is 9.80. The predicted molar refractivity (Wildman–Crippen MR) is 57.9 cm³/mol. The second kappa shape index (κ2) is 4.72. The summed E-state index contributed by atoms with van der Waals surface area (Å²) >= 11 is 0. The molecule has 0 unspecified atom stereocenters. The lowest BCUT2D eigenvalue weighted by Crippen LogP contribution is -2.48. The predicted octanol–water partition coefficient (Wildman–Crippen LogP) is 1.46. The zero-order chi connectivity index (χ0) is 12.3. The van der Waals surface area contributed by atoms with Crippen molar-refractivity contribution >= 4 is 12.1 Å². The quantitative estimate of drug-likeness (QED) is 0.728. The van der Waals surface area contributed by atoms with Gasteiger partial charge in [-0.25, -0.2) is 4.79 Å². The van der Waals surface area contributed by atoms with Crippen LogP contribution in [0.5, 0.6) is 0 Å². The maximum absolute atomic E-state index is 11.4. The SMILES string of the molecule is COC(=O)[C@H]1C[C@H](NC(=O)OC(C)(C)C)C1. The molecule has 92 valence electrons. The molecule has 0 atom stereocenters. The highest BCUT2D eigenvalue weighted by atomic mass is 16.6. The summed E-state index contributed by atoms with van der Waals surface area (Å²) in [6.45, 7) is 5.43. The van der Waals surface area contributed by atoms with Gasteiger partial charge in [0.25, 0.3) is 0 Å². The van der Waals surface area contributed by atoms with Gasteiger partial charge in [0, 0.05) is 6.04 Å². The Hall–Kier alpha value is -1.26. The minimum atomic E-state index is -0.490. The molecule has 1 N–H and O–H groups in total. The van der Waals surface area contributed by atoms with E-state index in [0.717, 1.165) is 0 Å². The first-order valence-electron chi connectivity index (χ1n) is 5.39. The molecule has 1 aliphatic rings. The monoisotopic (exact) mass is 229 g/mol. The van der Waals surface area contributed by atoms with Gasteiger partial charge in [-0.2, -0.15) is 0 Å². The van der Waals surface area contributed by atoms with Crippen LogP contribution in [-0.2, 0) is 14.3 Å². The fourth-order valence-electron chi connectivity index (χ4n) is 1.57. The number of esters is 1. The highest BCUT2D eigenvalue weighted by Crippen LogP contribution is 2.28. The highest BCUT2D eigenvalue weighted by Gasteiger charge is 2.36. The molecule has 1 aliphatic carbocycles. The Labute approximate surface area is 95.5 Å². The lowest BCUT2D eigenvalue weighted by molar-refractivity contribution is -0.149. The Morgan fingerprint density at radius 2 is 1.81 bits per heavy atom. The standard InChI is InChI=1S/C11H19NO4/c1-11(2,3)16-10(14)12-8-5-7(6-8)9(13)15-4/h7-8H,5-6H2,1-4H3,(H,12,14)/t7-,8-. The molecule has 5 heteroatoms. The van der Waals surface area contributed by atoms with Crippen molar-refractivity contribution in [3.63, 3.8) is 0 Å². The first-order valence-corrected chi connectivity index (χ1v) is 5.39. The van der Waals surface area contributed by atoms with Crippen molar-refractivity contribution in [2.75, 3.05) is 7.11 Å². The van der Waals surface area contributed by atoms with E-state index in [4.69, 9.17) is 4.74 Å². The fraction of sp³-hybridized carbons (Fsp3) is 0.818. The van der Waals surface area contributed by atoms with Crippen LogP contribution < -0.4 is 5.32 Å². The average molecular weight is 229 g/mol. The Morgan fingerprint density at radius 3 is 2.25 bits per heavy atom. The van der Waals surface area contributed by atoms with Gasteiger partial charge < -0.3 is 14.8 Å². The van der Waals surface area contributed by atoms with Crippen molar-refractivity contribution < 1.29 is 19.1 Å². The minimum absolute atomic E-state index is 0.0268. The zero-order valence-corrected chi connectivity index (χ0v) is 10.2. The van der Waals surface area contributed by atoms with Crippen molar-refractivity contribution in [3.05, 3.63) is 0 Å². The molecule has 0 spiro atoms. The molecule has 0 aromatic rings. The number of nitrogens with one attached hydrogen (secondary N) is 1. The van der Waals surface area contributed by atoms with E-state index < -0.39 is 11.7 Å². The van der Waals surface area contributed by atoms with Crippen LogP contribution in [0.4, 0.5) is 4.79 Å². The first kappa shape index (κ1) is 12.8. The van der Waals surface area contributed by atoms with Crippen molar-refractivity contribution in [1.29, 1.82) is 0 Å². The Bertz CT molecular complexity index is 276. The summed E-state index contributed by atoms with van der Waals surface area (Å²) in [7, 11) is 1.37. The van der Waals surface area contributed by atoms with Crippen LogP contribution in [0.2, 0.25) is 0 Å². The molecule has 1 rings (SSSR count). The van der Waals surface area contributed by atoms with E-state index in [0.29, 0.717) is 12.8 Å². The average Bonchev–Trinajstić information content (AvgIpc) is 2.06. The number of amides is 1. The van der Waals surface area contributed by atoms with Gasteiger partial charge in [0.2, 0.25) is 0 Å². The summed E-state index contributed by atoms with van der Waals surface area (Å²) < 4.78 is 9.71. The Balaban J connectivity index is 2.22. The number of rotatable bonds is 2. The molecule has 16 heavy (non-hydrogen) atoms. The molecule has 0 aliphatic heterocycles. The van der Waals surface area contributed by atoms with Crippen molar-refractivity contribution in [2.24, 2.45) is 5.92 Å². The Morgan fingerprint density at radius 1 is 1.25 bits per heavy atom. The van der Waals surface area contributed by atoms with Crippen LogP contribution >= 0.6 is 0 Å². The number of carbonyl (C=O) groups excluding carboxylic acids is 2. The second-order valence-corrected chi connectivity index (χ2v) is 5.03. The van der Waals surface area contributed by atoms with Gasteiger partial charge in [-0.3, -0.25) is 4.79 Å². The molecule has 0 saturated heterocycles. The third-order valence-corrected chi connectivity index (χ3v) is 2.39. The van der Waals surface area contributed by atoms with Gasteiger partial charge in [0.1, 0.15) is 5.60 Å². The van der Waals surface area contributed by atoms with E-state index in [2.05, 4.69) is 10.1 Å². The molecular formula is C11H19NO4. The van der Waals surface area contributed by atoms with Crippen LogP contribution in [0.25, 0.3) is 0 Å². The topological polar surface area (TPSA) is 64.6 Å². The maximum atomic E-state index is 11.4. The van der Waals surface area contributed by atoms with E-state index in [1.165, 1.54) is 7.11 Å². The van der Waals surface area contributed by atoms with Crippen LogP contribution in [-0.4, -0.2) is 30.8 Å². The number of carbonyl (C=O) groups is 2. The third-order valence-electron chi connectivity index (χ3n) is 2.39. The third kappa shape index (κ3) is 3.72. The summed E-state index contributed by atoms with van der Waals surface area (Å²) in [5, 5.41) is 2.71. The van der Waals surface area contributed by atoms with Gasteiger partial charge >= 0.3 is 12.1 Å². The van der Waals surface area contributed by atoms with E-state index in [-0.39, 0.29) is 17.9 Å². The van der Waals surface area contributed by atoms with Crippen LogP contribution in [0.3, 0.4) is 0 Å². The van der Waals surface area contributed by atoms with E-state index in [1.807, 2.05) is 20.8 Å². The smallest absolute Gasteiger partial charge is 0.407 e. The summed E-state index contributed by atoms with van der Waals surface area (Å²) in [5.74, 6) is -0.285. The summed E-state index contributed by atoms with van der Waals surface area (Å²) in [6.07, 6.45) is 0.832. The molecule has 0 aromatic carbocycles. The summed E-state index contributed by atoms with van der Waals surface area (Å²) in [5.41, 5.74) is -0.490. The molecule has 5 nitrogen and oxygen atoms in total. The normalized spacial score (nSPS) is 24.2.